The minimum atomic E-state index is -2.51. The van der Waals surface area contributed by atoms with Crippen LogP contribution >= 0.6 is 0 Å². The molecule has 3 saturated heterocycles. The molecule has 17 nitrogen and oxygen atoms in total. The smallest absolute Gasteiger partial charge is 0.306 e. The summed E-state index contributed by atoms with van der Waals surface area (Å²) in [4.78, 5) is 65.9. The molecule has 286 valence electrons. The van der Waals surface area contributed by atoms with E-state index in [1.807, 2.05) is 0 Å². The minimum Gasteiger partial charge on any atom is -0.472 e. The van der Waals surface area contributed by atoms with Gasteiger partial charge in [0.15, 0.2) is 0 Å². The van der Waals surface area contributed by atoms with E-state index >= 15 is 0 Å². The number of fused-ring (bicyclic) bond motifs is 4. The van der Waals surface area contributed by atoms with Crippen LogP contribution < -0.4 is 0 Å². The third-order valence-electron chi connectivity index (χ3n) is 13.0. The molecular formula is C35H44O17. The van der Waals surface area contributed by atoms with Crippen molar-refractivity contribution in [2.75, 3.05) is 20.3 Å². The summed E-state index contributed by atoms with van der Waals surface area (Å²) in [6.07, 6.45) is -7.77. The van der Waals surface area contributed by atoms with Gasteiger partial charge >= 0.3 is 29.8 Å². The summed E-state index contributed by atoms with van der Waals surface area (Å²) in [5, 5.41) is 39.5. The number of methoxy groups -OCH3 is 1. The van der Waals surface area contributed by atoms with Crippen molar-refractivity contribution in [2.45, 2.75) is 114 Å². The molecule has 7 rings (SSSR count). The molecule has 0 unspecified atom stereocenters. The van der Waals surface area contributed by atoms with Gasteiger partial charge < -0.3 is 57.6 Å². The van der Waals surface area contributed by atoms with Gasteiger partial charge in [0.25, 0.3) is 5.97 Å². The highest BCUT2D eigenvalue weighted by Gasteiger charge is 2.96. The largest absolute Gasteiger partial charge is 0.472 e. The van der Waals surface area contributed by atoms with Gasteiger partial charge in [-0.1, -0.05) is 13.8 Å². The van der Waals surface area contributed by atoms with Crippen LogP contribution in [0.4, 0.5) is 0 Å². The predicted molar refractivity (Wildman–Crippen MR) is 166 cm³/mol. The number of carbonyl (C=O) groups excluding carboxylic acids is 5. The molecule has 52 heavy (non-hydrogen) atoms. The van der Waals surface area contributed by atoms with Crippen molar-refractivity contribution in [1.82, 2.24) is 0 Å². The first-order chi connectivity index (χ1) is 24.2. The van der Waals surface area contributed by atoms with Crippen LogP contribution in [0.15, 0.2) is 23.0 Å². The van der Waals surface area contributed by atoms with Gasteiger partial charge in [0.2, 0.25) is 0 Å². The molecule has 3 saturated carbocycles. The summed E-state index contributed by atoms with van der Waals surface area (Å²) < 4.78 is 54.2. The molecule has 0 aromatic carbocycles. The number of cyclic esters (lactones) is 1. The van der Waals surface area contributed by atoms with E-state index in [0.717, 1.165) is 27.9 Å². The van der Waals surface area contributed by atoms with E-state index in [4.69, 9.17) is 42.3 Å². The number of carbonyl (C=O) groups is 5. The zero-order valence-electron chi connectivity index (χ0n) is 29.9. The maximum Gasteiger partial charge on any atom is 0.306 e. The Hall–Kier alpha value is -3.61. The lowest BCUT2D eigenvalue weighted by Gasteiger charge is -2.77. The van der Waals surface area contributed by atoms with E-state index in [9.17, 15) is 39.3 Å². The lowest BCUT2D eigenvalue weighted by Crippen LogP contribution is -2.94. The van der Waals surface area contributed by atoms with Crippen molar-refractivity contribution in [1.29, 1.82) is 0 Å². The summed E-state index contributed by atoms with van der Waals surface area (Å²) in [6, 6.07) is 1.52. The van der Waals surface area contributed by atoms with Gasteiger partial charge in [-0.05, 0) is 18.4 Å². The Morgan fingerprint density at radius 3 is 2.29 bits per heavy atom. The zero-order valence-corrected chi connectivity index (χ0v) is 29.9. The molecule has 0 radical (unpaired) electrons. The van der Waals surface area contributed by atoms with E-state index in [2.05, 4.69) is 0 Å². The number of furan rings is 1. The van der Waals surface area contributed by atoms with Crippen molar-refractivity contribution in [3.8, 4) is 0 Å². The molecule has 6 fully saturated rings. The molecule has 1 spiro atoms. The Morgan fingerprint density at radius 2 is 1.69 bits per heavy atom. The van der Waals surface area contributed by atoms with Crippen molar-refractivity contribution >= 4 is 29.8 Å². The number of hydrogen-bond donors (Lipinski definition) is 3. The van der Waals surface area contributed by atoms with Crippen molar-refractivity contribution in [3.05, 3.63) is 24.2 Å². The normalized spacial score (nSPS) is 48.3. The second-order valence-corrected chi connectivity index (χ2v) is 15.7. The average molecular weight is 737 g/mol. The molecule has 6 aliphatic rings. The van der Waals surface area contributed by atoms with Crippen LogP contribution in [0.25, 0.3) is 0 Å². The van der Waals surface area contributed by atoms with Crippen LogP contribution in [-0.2, 0) is 61.9 Å². The van der Waals surface area contributed by atoms with Crippen LogP contribution in [0.5, 0.6) is 0 Å². The Balaban J connectivity index is 1.64. The fourth-order valence-corrected chi connectivity index (χ4v) is 11.4. The Bertz CT molecular complexity index is 1690. The summed E-state index contributed by atoms with van der Waals surface area (Å²) >= 11 is 0. The highest BCUT2D eigenvalue weighted by atomic mass is 16.9. The first-order valence-corrected chi connectivity index (χ1v) is 17.1. The molecule has 4 heterocycles. The minimum absolute atomic E-state index is 0.309. The average Bonchev–Trinajstić information content (AvgIpc) is 3.71. The van der Waals surface area contributed by atoms with Gasteiger partial charge in [0, 0.05) is 56.4 Å². The third kappa shape index (κ3) is 4.34. The molecule has 0 amide bonds. The van der Waals surface area contributed by atoms with Crippen LogP contribution in [0.1, 0.15) is 72.5 Å². The van der Waals surface area contributed by atoms with Crippen LogP contribution in [0.2, 0.25) is 0 Å². The zero-order chi connectivity index (χ0) is 38.0. The Labute approximate surface area is 298 Å². The van der Waals surface area contributed by atoms with E-state index in [1.54, 1.807) is 13.8 Å². The highest BCUT2D eigenvalue weighted by Crippen LogP contribution is 2.80. The molecule has 3 aliphatic carbocycles. The number of aliphatic hydroxyl groups excluding tert-OH is 2. The molecule has 1 aromatic heterocycles. The summed E-state index contributed by atoms with van der Waals surface area (Å²) in [6.45, 7) is 6.80. The standard InChI is InChI=1S/C35H44O17/c1-16(36)46-15-32-13-33(43)27(42)34-21-11-23(40)50-25(19-8-9-45-12-19)30(21,5)26(48-17(2)37)24(41)35(32,34)52-31(6,51-34)47-14-29(4,28(33)49-18(3)38)20(32)10-22(39)44-7/h8-9,12,20-21,24-28,41-43H,10-11,13-15H2,1-7H3/t20-,21-,24-,25+,26-,27+,28-,29+,30+,31+,32+,33+,34+,35-/m0/s1. The van der Waals surface area contributed by atoms with Gasteiger partial charge in [0.1, 0.15) is 53.9 Å². The number of hydrogen-bond acceptors (Lipinski definition) is 17. The van der Waals surface area contributed by atoms with Crippen molar-refractivity contribution in [2.24, 2.45) is 28.1 Å². The lowest BCUT2D eigenvalue weighted by molar-refractivity contribution is -0.433. The van der Waals surface area contributed by atoms with Gasteiger partial charge in [-0.15, -0.1) is 0 Å². The number of ether oxygens (including phenoxy) is 8. The maximum atomic E-state index is 13.8. The number of aliphatic hydroxyl groups is 3. The van der Waals surface area contributed by atoms with E-state index in [-0.39, 0.29) is 0 Å². The van der Waals surface area contributed by atoms with Crippen molar-refractivity contribution in [3.63, 3.8) is 0 Å². The first-order valence-electron chi connectivity index (χ1n) is 17.1. The van der Waals surface area contributed by atoms with E-state index in [0.29, 0.717) is 5.56 Å². The molecule has 3 N–H and O–H groups in total. The summed E-state index contributed by atoms with van der Waals surface area (Å²) in [5.41, 5.74) is -12.4. The topological polar surface area (TPSA) is 233 Å². The van der Waals surface area contributed by atoms with E-state index in [1.165, 1.54) is 25.5 Å². The highest BCUT2D eigenvalue weighted by molar-refractivity contribution is 5.73. The Kier molecular flexibility index (Phi) is 8.09. The fraction of sp³-hybridized carbons (Fsp3) is 0.743. The molecule has 3 aliphatic heterocycles. The second-order valence-electron chi connectivity index (χ2n) is 15.7. The fourth-order valence-electron chi connectivity index (χ4n) is 11.4. The number of esters is 5. The lowest BCUT2D eigenvalue weighted by atomic mass is 9.31. The maximum absolute atomic E-state index is 13.8. The number of rotatable bonds is 7. The van der Waals surface area contributed by atoms with E-state index < -0.39 is 144 Å². The van der Waals surface area contributed by atoms with Gasteiger partial charge in [-0.25, -0.2) is 0 Å². The van der Waals surface area contributed by atoms with Crippen LogP contribution in [-0.4, -0.2) is 113 Å². The summed E-state index contributed by atoms with van der Waals surface area (Å²) in [7, 11) is 1.16. The molecular weight excluding hydrogens is 692 g/mol. The molecule has 17 heteroatoms. The van der Waals surface area contributed by atoms with Crippen molar-refractivity contribution < 1.29 is 81.6 Å². The van der Waals surface area contributed by atoms with Crippen LogP contribution in [0, 0.1) is 28.1 Å². The second kappa shape index (κ2) is 11.4. The van der Waals surface area contributed by atoms with Crippen LogP contribution in [0.3, 0.4) is 0 Å². The molecule has 14 atom stereocenters. The monoisotopic (exact) mass is 736 g/mol. The molecule has 5 bridgehead atoms. The molecule has 1 aromatic rings. The van der Waals surface area contributed by atoms with Gasteiger partial charge in [0.05, 0.1) is 38.1 Å². The SMILES string of the molecule is COC(=O)C[C@H]1[C@@]2(C)CO[C@]3(C)O[C@]45[C@H](O)[C@](O)(C[C@]1(COC(C)=O)[C@@]4(O3)[C@@H](O)[C@H](OC(C)=O)[C@@]1(C)[C@@H](c3ccoc3)OC(=O)C[C@@H]15)[C@H]2OC(C)=O. The first kappa shape index (κ1) is 36.7. The quantitative estimate of drug-likeness (QED) is 0.257. The van der Waals surface area contributed by atoms with Gasteiger partial charge in [-0.3, -0.25) is 24.0 Å². The summed E-state index contributed by atoms with van der Waals surface area (Å²) in [5.74, 6) is -8.80. The predicted octanol–water partition coefficient (Wildman–Crippen LogP) is 0.601. The van der Waals surface area contributed by atoms with Gasteiger partial charge in [-0.2, -0.15) is 0 Å². The Morgan fingerprint density at radius 1 is 1.00 bits per heavy atom. The third-order valence-corrected chi connectivity index (χ3v) is 13.0.